The highest BCUT2D eigenvalue weighted by atomic mass is 35.5. The van der Waals surface area contributed by atoms with Crippen molar-refractivity contribution in [3.8, 4) is 0 Å². The molecule has 1 aromatic carbocycles. The van der Waals surface area contributed by atoms with Crippen LogP contribution in [0.3, 0.4) is 0 Å². The van der Waals surface area contributed by atoms with Crippen molar-refractivity contribution >= 4 is 23.3 Å². The summed E-state index contributed by atoms with van der Waals surface area (Å²) < 4.78 is 1.77. The molecule has 0 bridgehead atoms. The lowest BCUT2D eigenvalue weighted by Crippen LogP contribution is -2.46. The first-order chi connectivity index (χ1) is 15.5. The van der Waals surface area contributed by atoms with Crippen LogP contribution in [0.5, 0.6) is 0 Å². The number of nitrogens with zero attached hydrogens (tertiary/aromatic N) is 3. The summed E-state index contributed by atoms with van der Waals surface area (Å²) in [5.41, 5.74) is 2.23. The monoisotopic (exact) mass is 450 g/mol. The molecule has 1 amide bonds. The van der Waals surface area contributed by atoms with Crippen LogP contribution in [0.2, 0.25) is 5.02 Å². The van der Waals surface area contributed by atoms with Crippen molar-refractivity contribution < 1.29 is 4.79 Å². The molecule has 32 heavy (non-hydrogen) atoms. The fourth-order valence-corrected chi connectivity index (χ4v) is 4.28. The van der Waals surface area contributed by atoms with Crippen molar-refractivity contribution in [1.82, 2.24) is 14.5 Å². The van der Waals surface area contributed by atoms with Gasteiger partial charge in [0.2, 0.25) is 5.91 Å². The Morgan fingerprint density at radius 3 is 2.75 bits per heavy atom. The zero-order valence-corrected chi connectivity index (χ0v) is 18.8. The average Bonchev–Trinajstić information content (AvgIpc) is 2.82. The largest absolute Gasteiger partial charge is 0.311 e. The van der Waals surface area contributed by atoms with Crippen LogP contribution in [0.15, 0.2) is 71.8 Å². The summed E-state index contributed by atoms with van der Waals surface area (Å²) in [5.74, 6) is 0.678. The van der Waals surface area contributed by atoms with Gasteiger partial charge in [-0.05, 0) is 55.5 Å². The number of benzene rings is 1. The van der Waals surface area contributed by atoms with Crippen LogP contribution in [-0.2, 0) is 11.3 Å². The van der Waals surface area contributed by atoms with Gasteiger partial charge in [0, 0.05) is 25.0 Å². The van der Waals surface area contributed by atoms with Crippen LogP contribution >= 0.6 is 11.6 Å². The second kappa shape index (κ2) is 10.1. The average molecular weight is 451 g/mol. The lowest BCUT2D eigenvalue weighted by Gasteiger charge is -2.36. The van der Waals surface area contributed by atoms with Crippen LogP contribution < -0.4 is 10.9 Å². The van der Waals surface area contributed by atoms with Gasteiger partial charge >= 0.3 is 0 Å². The van der Waals surface area contributed by atoms with Gasteiger partial charge in [0.25, 0.3) is 5.56 Å². The predicted octanol–water partition coefficient (Wildman–Crippen LogP) is 4.15. The first-order valence-electron chi connectivity index (χ1n) is 10.9. The van der Waals surface area contributed by atoms with Crippen LogP contribution in [0.1, 0.15) is 36.8 Å². The Kier molecular flexibility index (Phi) is 7.02. The molecule has 2 atom stereocenters. The predicted molar refractivity (Wildman–Crippen MR) is 127 cm³/mol. The summed E-state index contributed by atoms with van der Waals surface area (Å²) in [6.07, 6.45) is 5.53. The summed E-state index contributed by atoms with van der Waals surface area (Å²) in [6.45, 7) is 4.11. The number of carbonyl (C=O) groups is 1. The highest BCUT2D eigenvalue weighted by molar-refractivity contribution is 6.30. The summed E-state index contributed by atoms with van der Waals surface area (Å²) in [7, 11) is 0. The minimum absolute atomic E-state index is 0.00604. The molecule has 3 heterocycles. The van der Waals surface area contributed by atoms with Crippen molar-refractivity contribution in [2.75, 3.05) is 18.4 Å². The first-order valence-corrected chi connectivity index (χ1v) is 11.3. The quantitative estimate of drug-likeness (QED) is 0.612. The third-order valence-electron chi connectivity index (χ3n) is 6.03. The molecule has 1 saturated heterocycles. The molecule has 166 valence electrons. The highest BCUT2D eigenvalue weighted by Crippen LogP contribution is 2.27. The number of halogens is 1. The molecule has 0 saturated carbocycles. The van der Waals surface area contributed by atoms with Gasteiger partial charge in [-0.1, -0.05) is 48.0 Å². The SMILES string of the molecule is C[C@@H](C(=O)Nc1ccc(Cl)cn1)N1CCC[C@@H](c2ccc(=O)n(Cc3ccccc3)c2)C1. The van der Waals surface area contributed by atoms with Gasteiger partial charge in [-0.25, -0.2) is 4.98 Å². The lowest BCUT2D eigenvalue weighted by atomic mass is 9.91. The van der Waals surface area contributed by atoms with Gasteiger partial charge < -0.3 is 9.88 Å². The van der Waals surface area contributed by atoms with Crippen LogP contribution in [-0.4, -0.2) is 39.5 Å². The maximum atomic E-state index is 12.8. The molecule has 0 unspecified atom stereocenters. The molecular weight excluding hydrogens is 424 g/mol. The summed E-state index contributed by atoms with van der Waals surface area (Å²) in [4.78, 5) is 31.5. The Hall–Kier alpha value is -2.96. The van der Waals surface area contributed by atoms with Crippen LogP contribution in [0.4, 0.5) is 5.82 Å². The number of amides is 1. The fourth-order valence-electron chi connectivity index (χ4n) is 4.17. The summed E-state index contributed by atoms with van der Waals surface area (Å²) >= 11 is 5.87. The Morgan fingerprint density at radius 1 is 1.19 bits per heavy atom. The van der Waals surface area contributed by atoms with Gasteiger partial charge in [-0.2, -0.15) is 0 Å². The molecular formula is C25H27ClN4O2. The number of anilines is 1. The second-order valence-electron chi connectivity index (χ2n) is 8.28. The molecule has 0 spiro atoms. The zero-order valence-electron chi connectivity index (χ0n) is 18.1. The molecule has 0 radical (unpaired) electrons. The molecule has 3 aromatic rings. The molecule has 0 aliphatic carbocycles. The van der Waals surface area contributed by atoms with E-state index in [0.717, 1.165) is 37.1 Å². The van der Waals surface area contributed by atoms with E-state index in [1.165, 1.54) is 6.20 Å². The highest BCUT2D eigenvalue weighted by Gasteiger charge is 2.28. The molecule has 7 heteroatoms. The maximum Gasteiger partial charge on any atom is 0.250 e. The lowest BCUT2D eigenvalue weighted by molar-refractivity contribution is -0.121. The number of hydrogen-bond donors (Lipinski definition) is 1. The number of hydrogen-bond acceptors (Lipinski definition) is 4. The zero-order chi connectivity index (χ0) is 22.5. The fraction of sp³-hybridized carbons (Fsp3) is 0.320. The van der Waals surface area contributed by atoms with Crippen molar-refractivity contribution in [3.63, 3.8) is 0 Å². The molecule has 4 rings (SSSR count). The van der Waals surface area contributed by atoms with Gasteiger partial charge in [-0.3, -0.25) is 14.5 Å². The van der Waals surface area contributed by atoms with Gasteiger partial charge in [-0.15, -0.1) is 0 Å². The van der Waals surface area contributed by atoms with E-state index in [1.807, 2.05) is 49.5 Å². The summed E-state index contributed by atoms with van der Waals surface area (Å²) in [6, 6.07) is 16.7. The van der Waals surface area contributed by atoms with E-state index in [4.69, 9.17) is 11.6 Å². The van der Waals surface area contributed by atoms with E-state index in [-0.39, 0.29) is 23.4 Å². The van der Waals surface area contributed by atoms with Crippen molar-refractivity contribution in [3.05, 3.63) is 93.5 Å². The number of piperidine rings is 1. The second-order valence-corrected chi connectivity index (χ2v) is 8.71. The standard InChI is InChI=1S/C25H27ClN4O2/c1-18(25(32)28-23-11-10-22(26)14-27-23)29-13-5-8-20(16-29)21-9-12-24(31)30(17-21)15-19-6-3-2-4-7-19/h2-4,6-7,9-12,14,17-18,20H,5,8,13,15-16H2,1H3,(H,27,28,32)/t18-,20+/m0/s1. The smallest absolute Gasteiger partial charge is 0.250 e. The van der Waals surface area contributed by atoms with E-state index in [1.54, 1.807) is 22.8 Å². The molecule has 6 nitrogen and oxygen atoms in total. The normalized spacial score (nSPS) is 17.6. The van der Waals surface area contributed by atoms with E-state index >= 15 is 0 Å². The number of aromatic nitrogens is 2. The maximum absolute atomic E-state index is 12.8. The van der Waals surface area contributed by atoms with Crippen LogP contribution in [0.25, 0.3) is 0 Å². The first kappa shape index (κ1) is 22.2. The van der Waals surface area contributed by atoms with E-state index in [9.17, 15) is 9.59 Å². The third-order valence-corrected chi connectivity index (χ3v) is 6.26. The van der Waals surface area contributed by atoms with Crippen molar-refractivity contribution in [2.24, 2.45) is 0 Å². The number of nitrogens with one attached hydrogen (secondary N) is 1. The Bertz CT molecular complexity index is 1110. The van der Waals surface area contributed by atoms with E-state index in [2.05, 4.69) is 15.2 Å². The topological polar surface area (TPSA) is 67.2 Å². The number of likely N-dealkylation sites (tertiary alicyclic amines) is 1. The molecule has 1 N–H and O–H groups in total. The Morgan fingerprint density at radius 2 is 2.00 bits per heavy atom. The van der Waals surface area contributed by atoms with E-state index in [0.29, 0.717) is 17.4 Å². The third kappa shape index (κ3) is 5.44. The Balaban J connectivity index is 1.44. The Labute approximate surface area is 192 Å². The van der Waals surface area contributed by atoms with Gasteiger partial charge in [0.1, 0.15) is 5.82 Å². The minimum Gasteiger partial charge on any atom is -0.311 e. The minimum atomic E-state index is -0.287. The van der Waals surface area contributed by atoms with Gasteiger partial charge in [0.15, 0.2) is 0 Å². The molecule has 1 aliphatic heterocycles. The molecule has 1 fully saturated rings. The van der Waals surface area contributed by atoms with Crippen LogP contribution in [0, 0.1) is 0 Å². The van der Waals surface area contributed by atoms with E-state index < -0.39 is 0 Å². The summed E-state index contributed by atoms with van der Waals surface area (Å²) in [5, 5.41) is 3.40. The number of pyridine rings is 2. The van der Waals surface area contributed by atoms with Gasteiger partial charge in [0.05, 0.1) is 17.6 Å². The van der Waals surface area contributed by atoms with Crippen molar-refractivity contribution in [1.29, 1.82) is 0 Å². The number of rotatable bonds is 6. The van der Waals surface area contributed by atoms with Crippen molar-refractivity contribution in [2.45, 2.75) is 38.3 Å². The number of carbonyl (C=O) groups excluding carboxylic acids is 1. The molecule has 1 aliphatic rings. The molecule has 2 aromatic heterocycles.